The van der Waals surface area contributed by atoms with Gasteiger partial charge in [-0.05, 0) is 296 Å². The van der Waals surface area contributed by atoms with E-state index in [0.29, 0.717) is 0 Å². The summed E-state index contributed by atoms with van der Waals surface area (Å²) >= 11 is 2.39. The summed E-state index contributed by atoms with van der Waals surface area (Å²) in [6.07, 6.45) is 3.88. The Labute approximate surface area is 799 Å². The summed E-state index contributed by atoms with van der Waals surface area (Å²) in [6, 6.07) is 129. The Morgan fingerprint density at radius 1 is 0.164 bits per heavy atom. The van der Waals surface area contributed by atoms with Gasteiger partial charge in [-0.25, -0.2) is 9.97 Å². The van der Waals surface area contributed by atoms with E-state index in [1.54, 1.807) is 0 Å². The van der Waals surface area contributed by atoms with Crippen LogP contribution in [0.25, 0.3) is 189 Å². The van der Waals surface area contributed by atoms with Crippen LogP contribution in [0.5, 0.6) is 0 Å². The van der Waals surface area contributed by atoms with Gasteiger partial charge < -0.3 is 0 Å². The van der Waals surface area contributed by atoms with Crippen molar-refractivity contribution in [2.75, 3.05) is 0 Å². The second-order valence-corrected chi connectivity index (χ2v) is 43.2. The highest BCUT2D eigenvalue weighted by molar-refractivity contribution is 14.1. The predicted molar refractivity (Wildman–Crippen MR) is 569 cm³/mol. The maximum atomic E-state index is 5.84. The number of fused-ring (bicyclic) bond motifs is 27. The average Bonchev–Trinajstić information content (AvgIpc) is 1.69. The number of rotatable bonds is 6. The van der Waals surface area contributed by atoms with Crippen molar-refractivity contribution in [3.63, 3.8) is 0 Å². The molecule has 644 valence electrons. The molecule has 0 spiro atoms. The maximum Gasteiger partial charge on any atom is 0.0978 e. The molecule has 0 fully saturated rings. The fourth-order valence-corrected chi connectivity index (χ4v) is 25.5. The molecular formula is C129H101IN4. The van der Waals surface area contributed by atoms with Crippen LogP contribution in [0, 0.1) is 3.57 Å². The highest BCUT2D eigenvalue weighted by Gasteiger charge is 2.43. The molecule has 134 heavy (non-hydrogen) atoms. The lowest BCUT2D eigenvalue weighted by molar-refractivity contribution is 0.660. The van der Waals surface area contributed by atoms with E-state index in [2.05, 4.69) is 465 Å². The van der Waals surface area contributed by atoms with Crippen LogP contribution in [0.4, 0.5) is 0 Å². The average molecular weight is 1830 g/mol. The van der Waals surface area contributed by atoms with Crippen LogP contribution in [0.2, 0.25) is 0 Å². The van der Waals surface area contributed by atoms with Gasteiger partial charge in [-0.15, -0.1) is 0 Å². The molecule has 0 saturated heterocycles. The fraction of sp³-hybridized carbons (Fsp3) is 0.163. The Morgan fingerprint density at radius 2 is 0.366 bits per heavy atom. The topological polar surface area (TPSA) is 51.6 Å². The molecule has 4 nitrogen and oxygen atoms in total. The number of nitrogens with zero attached hydrogens (tertiary/aromatic N) is 4. The lowest BCUT2D eigenvalue weighted by atomic mass is 9.81. The highest BCUT2D eigenvalue weighted by Crippen LogP contribution is 2.59. The van der Waals surface area contributed by atoms with Crippen molar-refractivity contribution in [2.45, 2.75) is 135 Å². The molecule has 0 N–H and O–H groups in total. The minimum absolute atomic E-state index is 0.0419. The fourth-order valence-electron chi connectivity index (χ4n) is 25.0. The molecule has 0 unspecified atom stereocenters. The van der Waals surface area contributed by atoms with E-state index in [1.807, 2.05) is 12.4 Å². The minimum atomic E-state index is -0.155. The Bertz CT molecular complexity index is 8110. The minimum Gasteiger partial charge on any atom is -0.254 e. The van der Waals surface area contributed by atoms with Crippen molar-refractivity contribution in [3.05, 3.63) is 440 Å². The third-order valence-corrected chi connectivity index (χ3v) is 32.9. The lowest BCUT2D eigenvalue weighted by Gasteiger charge is -2.23. The van der Waals surface area contributed by atoms with Gasteiger partial charge in [-0.3, -0.25) is 9.97 Å². The van der Waals surface area contributed by atoms with Crippen LogP contribution >= 0.6 is 22.6 Å². The summed E-state index contributed by atoms with van der Waals surface area (Å²) in [6.45, 7) is 32.9. The summed E-state index contributed by atoms with van der Waals surface area (Å²) in [4.78, 5) is 21.5. The normalized spacial score (nSPS) is 15.7. The van der Waals surface area contributed by atoms with Gasteiger partial charge in [0.1, 0.15) is 0 Å². The first-order valence-electron chi connectivity index (χ1n) is 47.5. The summed E-state index contributed by atoms with van der Waals surface area (Å²) < 4.78 is 1.32. The smallest absolute Gasteiger partial charge is 0.0978 e. The molecule has 7 aliphatic rings. The monoisotopic (exact) mass is 1830 g/mol. The first-order chi connectivity index (χ1) is 64.6. The van der Waals surface area contributed by atoms with Crippen LogP contribution in [-0.4, -0.2) is 19.9 Å². The summed E-state index contributed by atoms with van der Waals surface area (Å²) in [5.74, 6) is 0. The molecule has 4 aromatic heterocycles. The van der Waals surface area contributed by atoms with Gasteiger partial charge in [0.2, 0.25) is 0 Å². The van der Waals surface area contributed by atoms with Gasteiger partial charge in [-0.2, -0.15) is 0 Å². The Hall–Kier alpha value is -14.1. The maximum absolute atomic E-state index is 5.84. The van der Waals surface area contributed by atoms with E-state index >= 15 is 0 Å². The van der Waals surface area contributed by atoms with E-state index in [0.717, 1.165) is 77.3 Å². The number of pyridine rings is 4. The standard InChI is InChI=1S/C72H56N2.C42H32N2.C15H13I/c1-69(2)57-21-13-9-17-45(57)49-29-25-41(35-61(49)69)55-39-65(43-27-31-51-47-19-11-15-23-59(47)71(5,6)63(51)37-43)73-67-53(55)33-34-54-56(42-26-30-50-46-18-10-14-22-58(46)70(3,4)62(50)36-42)40-66(74-68(54)67)44-28-32-52-48-20-12-16-24-60(48)72(7,8)64(52)38-44;1-41(2)35-11-7-5-9-29(35)31-15-13-25(23-37(31)41)27-19-21-43-39-33(27)17-18-34-28(20-22-44-40(34)39)26-14-16-32-30-10-6-8-12-36(30)42(3,4)38(32)24-26;1-15(2)13-6-4-3-5-11(13)12-8-7-10(16)9-14(12)15/h9-40H,1-8H3;5-24H,1-4H3;3-9H,1-2H3. The van der Waals surface area contributed by atoms with E-state index in [4.69, 9.17) is 19.9 Å². The molecule has 7 aliphatic carbocycles. The van der Waals surface area contributed by atoms with Gasteiger partial charge in [0.05, 0.1) is 33.5 Å². The second-order valence-electron chi connectivity index (χ2n) is 42.0. The van der Waals surface area contributed by atoms with Crippen molar-refractivity contribution >= 4 is 66.2 Å². The molecule has 16 aromatic carbocycles. The zero-order valence-electron chi connectivity index (χ0n) is 78.2. The van der Waals surface area contributed by atoms with Crippen LogP contribution in [0.15, 0.2) is 358 Å². The van der Waals surface area contributed by atoms with Crippen molar-refractivity contribution in [3.8, 4) is 145 Å². The molecule has 0 saturated carbocycles. The molecule has 20 aromatic rings. The quantitative estimate of drug-likeness (QED) is 0.123. The van der Waals surface area contributed by atoms with Gasteiger partial charge in [0.25, 0.3) is 0 Å². The first-order valence-corrected chi connectivity index (χ1v) is 48.6. The van der Waals surface area contributed by atoms with Crippen LogP contribution in [0.1, 0.15) is 175 Å². The Kier molecular flexibility index (Phi) is 17.8. The van der Waals surface area contributed by atoms with Gasteiger partial charge in [0, 0.05) is 86.5 Å². The van der Waals surface area contributed by atoms with Gasteiger partial charge in [0.15, 0.2) is 0 Å². The molecular weight excluding hydrogens is 1730 g/mol. The zero-order chi connectivity index (χ0) is 91.3. The molecule has 5 heteroatoms. The second kappa shape index (κ2) is 29.2. The van der Waals surface area contributed by atoms with Gasteiger partial charge in [-0.1, -0.05) is 370 Å². The van der Waals surface area contributed by atoms with Crippen molar-refractivity contribution in [1.82, 2.24) is 19.9 Å². The van der Waals surface area contributed by atoms with E-state index < -0.39 is 0 Å². The first kappa shape index (κ1) is 81.8. The predicted octanol–water partition coefficient (Wildman–Crippen LogP) is 34.0. The summed E-state index contributed by atoms with van der Waals surface area (Å²) in [5, 5.41) is 4.44. The Morgan fingerprint density at radius 3 is 0.627 bits per heavy atom. The molecule has 27 rings (SSSR count). The number of halogens is 1. The van der Waals surface area contributed by atoms with Crippen molar-refractivity contribution in [2.24, 2.45) is 0 Å². The number of aromatic nitrogens is 4. The highest BCUT2D eigenvalue weighted by atomic mass is 127. The summed E-state index contributed by atoms with van der Waals surface area (Å²) in [5.41, 5.74) is 54.8. The van der Waals surface area contributed by atoms with Crippen LogP contribution in [-0.2, 0) is 37.9 Å². The molecule has 0 amide bonds. The number of hydrogen-bond donors (Lipinski definition) is 0. The lowest BCUT2D eigenvalue weighted by Crippen LogP contribution is -2.15. The van der Waals surface area contributed by atoms with Crippen LogP contribution < -0.4 is 0 Å². The van der Waals surface area contributed by atoms with E-state index in [1.165, 1.54) is 193 Å². The van der Waals surface area contributed by atoms with Gasteiger partial charge >= 0.3 is 0 Å². The van der Waals surface area contributed by atoms with E-state index in [9.17, 15) is 0 Å². The van der Waals surface area contributed by atoms with E-state index in [-0.39, 0.29) is 37.9 Å². The largest absolute Gasteiger partial charge is 0.254 e. The van der Waals surface area contributed by atoms with Crippen molar-refractivity contribution in [1.29, 1.82) is 0 Å². The zero-order valence-corrected chi connectivity index (χ0v) is 80.4. The summed E-state index contributed by atoms with van der Waals surface area (Å²) in [7, 11) is 0. The molecule has 0 bridgehead atoms. The molecule has 4 heterocycles. The third kappa shape index (κ3) is 11.9. The van der Waals surface area contributed by atoms with Crippen molar-refractivity contribution < 1.29 is 0 Å². The third-order valence-electron chi connectivity index (χ3n) is 32.3. The molecule has 0 aliphatic heterocycles. The molecule has 0 radical (unpaired) electrons. The van der Waals surface area contributed by atoms with Crippen LogP contribution in [0.3, 0.4) is 0 Å². The number of benzene rings is 16. The number of hydrogen-bond acceptors (Lipinski definition) is 4. The SMILES string of the molecule is CC1(C)c2ccccc2-c2ccc(-c3cc(-c4ccc5c(c4)C(C)(C)c4ccccc4-5)c4ccc5c(-c6ccc7c(c6)C(C)(C)c6ccccc6-7)cc(-c6ccc7c(c6)C(C)(C)c6ccccc6-7)nc5c4n3)cc21.CC1(C)c2ccccc2-c2ccc(-c3ccnc4c3ccc3c(-c5ccc6c(c5)C(C)(C)c5ccccc5-6)ccnc34)cc21.CC1(C)c2ccccc2-c2ccc(I)cc21. The molecule has 0 atom stereocenters. The Balaban J connectivity index is 0.000000134.